The highest BCUT2D eigenvalue weighted by molar-refractivity contribution is 7.99. The third-order valence-corrected chi connectivity index (χ3v) is 3.87. The van der Waals surface area contributed by atoms with Gasteiger partial charge in [-0.3, -0.25) is 4.98 Å². The molecule has 0 atom stereocenters. The van der Waals surface area contributed by atoms with Crippen molar-refractivity contribution in [2.45, 2.75) is 37.0 Å². The zero-order chi connectivity index (χ0) is 10.9. The van der Waals surface area contributed by atoms with E-state index in [0.29, 0.717) is 0 Å². The second-order valence-corrected chi connectivity index (χ2v) is 5.24. The molecule has 2 nitrogen and oxygen atoms in total. The molecular weight excluding hydrogens is 204 g/mol. The molecule has 1 heterocycles. The van der Waals surface area contributed by atoms with E-state index in [1.54, 1.807) is 11.8 Å². The highest BCUT2D eigenvalue weighted by Crippen LogP contribution is 2.48. The number of nitriles is 1. The lowest BCUT2D eigenvalue weighted by molar-refractivity contribution is 0.880. The van der Waals surface area contributed by atoms with Gasteiger partial charge in [0, 0.05) is 11.1 Å². The molecule has 2 rings (SSSR count). The summed E-state index contributed by atoms with van der Waals surface area (Å²) in [5.41, 5.74) is 1.97. The number of hydrogen-bond donors (Lipinski definition) is 0. The number of pyridine rings is 1. The minimum atomic E-state index is -0.205. The van der Waals surface area contributed by atoms with Crippen LogP contribution in [0, 0.1) is 18.3 Å². The topological polar surface area (TPSA) is 36.7 Å². The van der Waals surface area contributed by atoms with Gasteiger partial charge in [0.2, 0.25) is 0 Å². The number of rotatable bonds is 3. The first-order chi connectivity index (χ1) is 7.22. The Morgan fingerprint density at radius 1 is 1.60 bits per heavy atom. The van der Waals surface area contributed by atoms with E-state index in [0.717, 1.165) is 29.9 Å². The van der Waals surface area contributed by atoms with Crippen LogP contribution in [0.2, 0.25) is 0 Å². The number of aryl methyl sites for hydroxylation is 1. The molecule has 0 aromatic carbocycles. The zero-order valence-corrected chi connectivity index (χ0v) is 9.90. The monoisotopic (exact) mass is 218 g/mol. The molecule has 1 aliphatic rings. The second-order valence-electron chi connectivity index (χ2n) is 3.93. The van der Waals surface area contributed by atoms with Gasteiger partial charge in [-0.15, -0.1) is 11.8 Å². The third kappa shape index (κ3) is 1.87. The van der Waals surface area contributed by atoms with Crippen molar-refractivity contribution in [1.82, 2.24) is 4.98 Å². The molecule has 1 aromatic rings. The van der Waals surface area contributed by atoms with E-state index in [4.69, 9.17) is 5.26 Å². The largest absolute Gasteiger partial charge is 0.260 e. The van der Waals surface area contributed by atoms with E-state index in [1.807, 2.05) is 13.1 Å². The average Bonchev–Trinajstić information content (AvgIpc) is 3.02. The Labute approximate surface area is 94.7 Å². The Balaban J connectivity index is 2.35. The van der Waals surface area contributed by atoms with Crippen molar-refractivity contribution in [3.63, 3.8) is 0 Å². The van der Waals surface area contributed by atoms with Gasteiger partial charge in [0.1, 0.15) is 0 Å². The molecule has 3 heteroatoms. The van der Waals surface area contributed by atoms with Gasteiger partial charge in [0.25, 0.3) is 0 Å². The standard InChI is InChI=1S/C12H14N2S/c1-3-15-11-6-10(7-14-9(11)2)12(8-13)4-5-12/h6-7H,3-5H2,1-2H3. The highest BCUT2D eigenvalue weighted by atomic mass is 32.2. The van der Waals surface area contributed by atoms with Crippen LogP contribution >= 0.6 is 11.8 Å². The van der Waals surface area contributed by atoms with E-state index in [2.05, 4.69) is 24.0 Å². The van der Waals surface area contributed by atoms with Gasteiger partial charge in [-0.05, 0) is 37.1 Å². The lowest BCUT2D eigenvalue weighted by Gasteiger charge is -2.09. The maximum atomic E-state index is 9.12. The molecule has 78 valence electrons. The van der Waals surface area contributed by atoms with Crippen LogP contribution in [-0.4, -0.2) is 10.7 Å². The molecule has 0 saturated heterocycles. The van der Waals surface area contributed by atoms with Crippen LogP contribution < -0.4 is 0 Å². The first kappa shape index (κ1) is 10.5. The minimum absolute atomic E-state index is 0.205. The molecule has 0 aliphatic heterocycles. The van der Waals surface area contributed by atoms with Crippen LogP contribution in [0.1, 0.15) is 31.0 Å². The van der Waals surface area contributed by atoms with E-state index >= 15 is 0 Å². The summed E-state index contributed by atoms with van der Waals surface area (Å²) in [6, 6.07) is 4.55. The molecule has 1 saturated carbocycles. The van der Waals surface area contributed by atoms with Crippen LogP contribution in [0.3, 0.4) is 0 Å². The minimum Gasteiger partial charge on any atom is -0.260 e. The molecule has 1 fully saturated rings. The maximum Gasteiger partial charge on any atom is 0.0839 e. The van der Waals surface area contributed by atoms with Gasteiger partial charge in [0.15, 0.2) is 0 Å². The fourth-order valence-corrected chi connectivity index (χ4v) is 2.45. The van der Waals surface area contributed by atoms with Crippen molar-refractivity contribution in [2.75, 3.05) is 5.75 Å². The molecule has 1 aromatic heterocycles. The molecule has 0 amide bonds. The number of nitrogens with zero attached hydrogens (tertiary/aromatic N) is 2. The van der Waals surface area contributed by atoms with Gasteiger partial charge in [0.05, 0.1) is 17.2 Å². The summed E-state index contributed by atoms with van der Waals surface area (Å²) >= 11 is 1.80. The lowest BCUT2D eigenvalue weighted by atomic mass is 10.00. The Bertz CT molecular complexity index is 416. The number of hydrogen-bond acceptors (Lipinski definition) is 3. The fourth-order valence-electron chi connectivity index (χ4n) is 1.67. The fraction of sp³-hybridized carbons (Fsp3) is 0.500. The van der Waals surface area contributed by atoms with Crippen LogP contribution in [0.4, 0.5) is 0 Å². The highest BCUT2D eigenvalue weighted by Gasteiger charge is 2.45. The van der Waals surface area contributed by atoms with Crippen molar-refractivity contribution in [3.05, 3.63) is 23.5 Å². The molecule has 0 radical (unpaired) electrons. The van der Waals surface area contributed by atoms with Crippen LogP contribution in [0.5, 0.6) is 0 Å². The first-order valence-electron chi connectivity index (χ1n) is 5.23. The maximum absolute atomic E-state index is 9.12. The third-order valence-electron chi connectivity index (χ3n) is 2.86. The SMILES string of the molecule is CCSc1cc(C2(C#N)CC2)cnc1C. The quantitative estimate of drug-likeness (QED) is 0.732. The van der Waals surface area contributed by atoms with Crippen molar-refractivity contribution < 1.29 is 0 Å². The van der Waals surface area contributed by atoms with Crippen LogP contribution in [0.25, 0.3) is 0 Å². The number of thioether (sulfide) groups is 1. The Hall–Kier alpha value is -1.01. The van der Waals surface area contributed by atoms with Gasteiger partial charge in [-0.2, -0.15) is 5.26 Å². The normalized spacial score (nSPS) is 17.1. The average molecular weight is 218 g/mol. The van der Waals surface area contributed by atoms with Crippen LogP contribution in [0.15, 0.2) is 17.2 Å². The van der Waals surface area contributed by atoms with Crippen molar-refractivity contribution in [3.8, 4) is 6.07 Å². The molecule has 0 bridgehead atoms. The lowest BCUT2D eigenvalue weighted by Crippen LogP contribution is -2.04. The summed E-state index contributed by atoms with van der Waals surface area (Å²) < 4.78 is 0. The molecular formula is C12H14N2S. The zero-order valence-electron chi connectivity index (χ0n) is 9.08. The van der Waals surface area contributed by atoms with Crippen molar-refractivity contribution >= 4 is 11.8 Å². The summed E-state index contributed by atoms with van der Waals surface area (Å²) in [6.45, 7) is 4.15. The molecule has 1 aliphatic carbocycles. The smallest absolute Gasteiger partial charge is 0.0839 e. The number of aromatic nitrogens is 1. The van der Waals surface area contributed by atoms with Crippen molar-refractivity contribution in [2.24, 2.45) is 0 Å². The Kier molecular flexibility index (Phi) is 2.70. The summed E-state index contributed by atoms with van der Waals surface area (Å²) in [7, 11) is 0. The van der Waals surface area contributed by atoms with Crippen molar-refractivity contribution in [1.29, 1.82) is 5.26 Å². The van der Waals surface area contributed by atoms with Gasteiger partial charge in [-0.1, -0.05) is 6.92 Å². The molecule has 0 unspecified atom stereocenters. The van der Waals surface area contributed by atoms with Gasteiger partial charge < -0.3 is 0 Å². The Morgan fingerprint density at radius 3 is 2.87 bits per heavy atom. The second kappa shape index (κ2) is 3.86. The van der Waals surface area contributed by atoms with E-state index in [1.165, 1.54) is 4.90 Å². The summed E-state index contributed by atoms with van der Waals surface area (Å²) in [4.78, 5) is 5.60. The molecule has 0 N–H and O–H groups in total. The van der Waals surface area contributed by atoms with Gasteiger partial charge in [-0.25, -0.2) is 0 Å². The first-order valence-corrected chi connectivity index (χ1v) is 6.21. The molecule has 15 heavy (non-hydrogen) atoms. The molecule has 0 spiro atoms. The Morgan fingerprint density at radius 2 is 2.33 bits per heavy atom. The van der Waals surface area contributed by atoms with Crippen LogP contribution in [-0.2, 0) is 5.41 Å². The van der Waals surface area contributed by atoms with E-state index in [9.17, 15) is 0 Å². The summed E-state index contributed by atoms with van der Waals surface area (Å²) in [5, 5.41) is 9.12. The van der Waals surface area contributed by atoms with E-state index < -0.39 is 0 Å². The summed E-state index contributed by atoms with van der Waals surface area (Å²) in [5.74, 6) is 1.05. The predicted molar refractivity (Wildman–Crippen MR) is 61.9 cm³/mol. The van der Waals surface area contributed by atoms with E-state index in [-0.39, 0.29) is 5.41 Å². The van der Waals surface area contributed by atoms with Gasteiger partial charge >= 0.3 is 0 Å². The summed E-state index contributed by atoms with van der Waals surface area (Å²) in [6.07, 6.45) is 3.85. The predicted octanol–water partition coefficient (Wildman–Crippen LogP) is 3.06.